The molecule has 1 atom stereocenters. The molecule has 1 aromatic rings. The monoisotopic (exact) mass is 417 g/mol. The topological polar surface area (TPSA) is 88.1 Å². The Labute approximate surface area is 177 Å². The maximum Gasteiger partial charge on any atom is 0.257 e. The summed E-state index contributed by atoms with van der Waals surface area (Å²) in [5, 5.41) is 0. The van der Waals surface area contributed by atoms with Gasteiger partial charge in [0.05, 0.1) is 50.3 Å². The molecule has 1 aromatic heterocycles. The van der Waals surface area contributed by atoms with Crippen molar-refractivity contribution in [3.8, 4) is 0 Å². The molecular weight excluding hydrogens is 386 g/mol. The maximum atomic E-state index is 13.0. The number of ether oxygens (including phenoxy) is 2. The van der Waals surface area contributed by atoms with E-state index in [4.69, 9.17) is 9.47 Å². The minimum absolute atomic E-state index is 0.0498. The summed E-state index contributed by atoms with van der Waals surface area (Å²) < 4.78 is 10.7. The molecule has 3 fully saturated rings. The van der Waals surface area contributed by atoms with Crippen molar-refractivity contribution < 1.29 is 19.1 Å². The predicted octanol–water partition coefficient (Wildman–Crippen LogP) is 0.643. The van der Waals surface area contributed by atoms with Crippen molar-refractivity contribution in [2.45, 2.75) is 32.2 Å². The number of carbonyl (C=O) groups is 2. The molecule has 0 bridgehead atoms. The van der Waals surface area contributed by atoms with Crippen LogP contribution in [0.15, 0.2) is 6.20 Å². The molecule has 9 nitrogen and oxygen atoms in total. The van der Waals surface area contributed by atoms with Gasteiger partial charge in [-0.15, -0.1) is 0 Å². The minimum atomic E-state index is -0.126. The van der Waals surface area contributed by atoms with Crippen LogP contribution >= 0.6 is 0 Å². The molecule has 2 amide bonds. The number of morpholine rings is 2. The Morgan fingerprint density at radius 1 is 1.03 bits per heavy atom. The molecule has 4 rings (SSSR count). The molecule has 0 radical (unpaired) electrons. The zero-order chi connectivity index (χ0) is 20.9. The average Bonchev–Trinajstić information content (AvgIpc) is 2.80. The Balaban J connectivity index is 1.47. The van der Waals surface area contributed by atoms with Crippen LogP contribution in [0.2, 0.25) is 0 Å². The molecule has 164 valence electrons. The first kappa shape index (κ1) is 21.1. The third-order valence-corrected chi connectivity index (χ3v) is 6.11. The second-order valence-electron chi connectivity index (χ2n) is 8.12. The number of nitrogens with zero attached hydrogens (tertiary/aromatic N) is 5. The fourth-order valence-electron chi connectivity index (χ4n) is 4.33. The van der Waals surface area contributed by atoms with E-state index < -0.39 is 0 Å². The van der Waals surface area contributed by atoms with Gasteiger partial charge < -0.3 is 19.3 Å². The highest BCUT2D eigenvalue weighted by Gasteiger charge is 2.32. The van der Waals surface area contributed by atoms with E-state index in [0.29, 0.717) is 63.1 Å². The van der Waals surface area contributed by atoms with Crippen molar-refractivity contribution in [3.63, 3.8) is 0 Å². The van der Waals surface area contributed by atoms with Crippen molar-refractivity contribution in [1.82, 2.24) is 24.7 Å². The largest absolute Gasteiger partial charge is 0.379 e. The highest BCUT2D eigenvalue weighted by atomic mass is 16.5. The molecular formula is C21H31N5O4. The summed E-state index contributed by atoms with van der Waals surface area (Å²) in [5.74, 6) is 0.712. The quantitative estimate of drug-likeness (QED) is 0.710. The van der Waals surface area contributed by atoms with Gasteiger partial charge in [0.25, 0.3) is 5.91 Å². The first-order valence-electron chi connectivity index (χ1n) is 10.9. The number of hydrogen-bond donors (Lipinski definition) is 0. The lowest BCUT2D eigenvalue weighted by Gasteiger charge is -2.37. The lowest BCUT2D eigenvalue weighted by molar-refractivity contribution is -0.137. The van der Waals surface area contributed by atoms with Crippen LogP contribution in [0.25, 0.3) is 0 Å². The van der Waals surface area contributed by atoms with E-state index in [1.807, 2.05) is 11.8 Å². The fourth-order valence-corrected chi connectivity index (χ4v) is 4.33. The number of rotatable bonds is 4. The SMILES string of the molecule is Cc1nc([C@H]2CCCCN2C(=O)CN2CCOCC2)ncc1C(=O)N1CCOCC1. The van der Waals surface area contributed by atoms with E-state index >= 15 is 0 Å². The van der Waals surface area contributed by atoms with Gasteiger partial charge >= 0.3 is 0 Å². The van der Waals surface area contributed by atoms with E-state index in [9.17, 15) is 9.59 Å². The Bertz CT molecular complexity index is 762. The summed E-state index contributed by atoms with van der Waals surface area (Å²) in [7, 11) is 0. The van der Waals surface area contributed by atoms with Crippen LogP contribution in [0.5, 0.6) is 0 Å². The summed E-state index contributed by atoms with van der Waals surface area (Å²) in [4.78, 5) is 40.9. The molecule has 0 N–H and O–H groups in total. The summed E-state index contributed by atoms with van der Waals surface area (Å²) in [6.45, 7) is 8.22. The predicted molar refractivity (Wildman–Crippen MR) is 109 cm³/mol. The molecule has 3 saturated heterocycles. The average molecular weight is 418 g/mol. The third kappa shape index (κ3) is 4.79. The molecule has 30 heavy (non-hydrogen) atoms. The van der Waals surface area contributed by atoms with E-state index in [1.54, 1.807) is 11.1 Å². The summed E-state index contributed by atoms with van der Waals surface area (Å²) in [6, 6.07) is -0.126. The number of aromatic nitrogens is 2. The highest BCUT2D eigenvalue weighted by Crippen LogP contribution is 2.29. The summed E-state index contributed by atoms with van der Waals surface area (Å²) >= 11 is 0. The lowest BCUT2D eigenvalue weighted by atomic mass is 10.0. The van der Waals surface area contributed by atoms with Crippen molar-refractivity contribution >= 4 is 11.8 Å². The van der Waals surface area contributed by atoms with Crippen molar-refractivity contribution in [2.24, 2.45) is 0 Å². The highest BCUT2D eigenvalue weighted by molar-refractivity contribution is 5.95. The molecule has 0 aliphatic carbocycles. The number of likely N-dealkylation sites (tertiary alicyclic amines) is 1. The number of hydrogen-bond acceptors (Lipinski definition) is 7. The van der Waals surface area contributed by atoms with Gasteiger partial charge in [-0.3, -0.25) is 14.5 Å². The van der Waals surface area contributed by atoms with Gasteiger partial charge in [0.15, 0.2) is 5.82 Å². The van der Waals surface area contributed by atoms with Crippen LogP contribution in [-0.2, 0) is 14.3 Å². The number of amides is 2. The smallest absolute Gasteiger partial charge is 0.257 e. The van der Waals surface area contributed by atoms with Gasteiger partial charge in [0, 0.05) is 38.9 Å². The fraction of sp³-hybridized carbons (Fsp3) is 0.714. The standard InChI is InChI=1S/C21H31N5O4/c1-16-17(21(28)25-8-12-30-13-9-25)14-22-20(23-16)18-4-2-3-5-26(18)19(27)15-24-6-10-29-11-7-24/h14,18H,2-13,15H2,1H3/t18-/m1/s1. The Morgan fingerprint density at radius 3 is 2.43 bits per heavy atom. The Morgan fingerprint density at radius 2 is 1.73 bits per heavy atom. The maximum absolute atomic E-state index is 13.0. The van der Waals surface area contributed by atoms with Gasteiger partial charge in [0.2, 0.25) is 5.91 Å². The minimum Gasteiger partial charge on any atom is -0.379 e. The first-order chi connectivity index (χ1) is 14.6. The number of aryl methyl sites for hydroxylation is 1. The van der Waals surface area contributed by atoms with Crippen LogP contribution < -0.4 is 0 Å². The molecule has 3 aliphatic rings. The summed E-state index contributed by atoms with van der Waals surface area (Å²) in [6.07, 6.45) is 4.53. The van der Waals surface area contributed by atoms with Crippen LogP contribution in [-0.4, -0.2) is 102 Å². The molecule has 0 saturated carbocycles. The van der Waals surface area contributed by atoms with Crippen molar-refractivity contribution in [2.75, 3.05) is 65.7 Å². The van der Waals surface area contributed by atoms with E-state index in [-0.39, 0.29) is 17.9 Å². The van der Waals surface area contributed by atoms with E-state index in [0.717, 1.165) is 38.9 Å². The van der Waals surface area contributed by atoms with Crippen LogP contribution in [0, 0.1) is 6.92 Å². The molecule has 9 heteroatoms. The molecule has 4 heterocycles. The van der Waals surface area contributed by atoms with Gasteiger partial charge in [-0.1, -0.05) is 0 Å². The van der Waals surface area contributed by atoms with Gasteiger partial charge in [-0.2, -0.15) is 0 Å². The van der Waals surface area contributed by atoms with Crippen molar-refractivity contribution in [3.05, 3.63) is 23.3 Å². The number of carbonyl (C=O) groups excluding carboxylic acids is 2. The second-order valence-corrected chi connectivity index (χ2v) is 8.12. The van der Waals surface area contributed by atoms with E-state index in [2.05, 4.69) is 14.9 Å². The van der Waals surface area contributed by atoms with Crippen LogP contribution in [0.4, 0.5) is 0 Å². The Kier molecular flexibility index (Phi) is 6.91. The van der Waals surface area contributed by atoms with Gasteiger partial charge in [-0.25, -0.2) is 9.97 Å². The molecule has 3 aliphatic heterocycles. The summed E-state index contributed by atoms with van der Waals surface area (Å²) in [5.41, 5.74) is 1.20. The van der Waals surface area contributed by atoms with Gasteiger partial charge in [-0.05, 0) is 26.2 Å². The first-order valence-corrected chi connectivity index (χ1v) is 10.9. The van der Waals surface area contributed by atoms with Crippen LogP contribution in [0.3, 0.4) is 0 Å². The van der Waals surface area contributed by atoms with Crippen molar-refractivity contribution in [1.29, 1.82) is 0 Å². The molecule has 0 spiro atoms. The second kappa shape index (κ2) is 9.80. The molecule has 0 aromatic carbocycles. The molecule has 0 unspecified atom stereocenters. The van der Waals surface area contributed by atoms with E-state index in [1.165, 1.54) is 0 Å². The zero-order valence-corrected chi connectivity index (χ0v) is 17.7. The van der Waals surface area contributed by atoms with Gasteiger partial charge in [0.1, 0.15) is 0 Å². The van der Waals surface area contributed by atoms with Crippen LogP contribution in [0.1, 0.15) is 47.2 Å². The zero-order valence-electron chi connectivity index (χ0n) is 17.7. The number of piperidine rings is 1. The Hall–Kier alpha value is -2.10. The third-order valence-electron chi connectivity index (χ3n) is 6.11. The lowest BCUT2D eigenvalue weighted by Crippen LogP contribution is -2.47. The normalized spacial score (nSPS) is 23.4.